The molecule has 3 heteroatoms. The van der Waals surface area contributed by atoms with Crippen LogP contribution in [-0.4, -0.2) is 18.3 Å². The molecule has 1 heterocycles. The molecule has 1 aliphatic rings. The molecule has 1 aromatic heterocycles. The van der Waals surface area contributed by atoms with Crippen LogP contribution in [0.4, 0.5) is 0 Å². The van der Waals surface area contributed by atoms with Crippen molar-refractivity contribution in [1.29, 1.82) is 0 Å². The number of fused-ring (bicyclic) bond motifs is 1. The SMILES string of the molecule is COc1ccc2c(ccn2COCC2CC2)c1. The minimum Gasteiger partial charge on any atom is -0.497 e. The molecule has 0 radical (unpaired) electrons. The van der Waals surface area contributed by atoms with E-state index in [9.17, 15) is 0 Å². The molecule has 3 nitrogen and oxygen atoms in total. The molecule has 1 fully saturated rings. The average molecular weight is 231 g/mol. The summed E-state index contributed by atoms with van der Waals surface area (Å²) in [6, 6.07) is 8.21. The Morgan fingerprint density at radius 3 is 2.94 bits per heavy atom. The molecule has 0 spiro atoms. The van der Waals surface area contributed by atoms with Crippen LogP contribution in [0.1, 0.15) is 12.8 Å². The number of methoxy groups -OCH3 is 1. The Balaban J connectivity index is 1.74. The quantitative estimate of drug-likeness (QED) is 0.789. The fourth-order valence-electron chi connectivity index (χ4n) is 2.02. The highest BCUT2D eigenvalue weighted by Gasteiger charge is 2.21. The zero-order valence-electron chi connectivity index (χ0n) is 10.1. The molecule has 0 saturated heterocycles. The Kier molecular flexibility index (Phi) is 2.77. The van der Waals surface area contributed by atoms with Gasteiger partial charge in [-0.3, -0.25) is 0 Å². The largest absolute Gasteiger partial charge is 0.497 e. The molecule has 0 aliphatic heterocycles. The van der Waals surface area contributed by atoms with E-state index in [1.807, 2.05) is 12.1 Å². The molecule has 0 atom stereocenters. The van der Waals surface area contributed by atoms with E-state index in [1.54, 1.807) is 7.11 Å². The highest BCUT2D eigenvalue weighted by molar-refractivity contribution is 5.81. The predicted molar refractivity (Wildman–Crippen MR) is 67.2 cm³/mol. The molecule has 0 unspecified atom stereocenters. The van der Waals surface area contributed by atoms with Crippen LogP contribution in [-0.2, 0) is 11.5 Å². The Bertz CT molecular complexity index is 514. The summed E-state index contributed by atoms with van der Waals surface area (Å²) in [7, 11) is 1.69. The van der Waals surface area contributed by atoms with Crippen LogP contribution in [0.3, 0.4) is 0 Å². The third kappa shape index (κ3) is 2.29. The van der Waals surface area contributed by atoms with Crippen LogP contribution in [0, 0.1) is 5.92 Å². The molecule has 3 rings (SSSR count). The molecular formula is C14H17NO2. The summed E-state index contributed by atoms with van der Waals surface area (Å²) in [5.41, 5.74) is 1.20. The molecule has 17 heavy (non-hydrogen) atoms. The lowest BCUT2D eigenvalue weighted by Gasteiger charge is -2.07. The van der Waals surface area contributed by atoms with Gasteiger partial charge in [-0.25, -0.2) is 0 Å². The van der Waals surface area contributed by atoms with E-state index in [0.717, 1.165) is 18.3 Å². The molecular weight excluding hydrogens is 214 g/mol. The normalized spacial score (nSPS) is 15.4. The molecule has 0 amide bonds. The fraction of sp³-hybridized carbons (Fsp3) is 0.429. The summed E-state index contributed by atoms with van der Waals surface area (Å²) in [5, 5.41) is 1.19. The topological polar surface area (TPSA) is 23.4 Å². The first-order valence-corrected chi connectivity index (χ1v) is 6.07. The lowest BCUT2D eigenvalue weighted by molar-refractivity contribution is 0.0718. The summed E-state index contributed by atoms with van der Waals surface area (Å²) in [4.78, 5) is 0. The van der Waals surface area contributed by atoms with Crippen molar-refractivity contribution >= 4 is 10.9 Å². The van der Waals surface area contributed by atoms with Crippen molar-refractivity contribution < 1.29 is 9.47 Å². The maximum absolute atomic E-state index is 5.70. The number of nitrogens with zero attached hydrogens (tertiary/aromatic N) is 1. The minimum absolute atomic E-state index is 0.645. The summed E-state index contributed by atoms with van der Waals surface area (Å²) in [6.07, 6.45) is 4.74. The van der Waals surface area contributed by atoms with Gasteiger partial charge in [0.1, 0.15) is 12.5 Å². The van der Waals surface area contributed by atoms with Crippen LogP contribution < -0.4 is 4.74 Å². The van der Waals surface area contributed by atoms with Crippen LogP contribution in [0.15, 0.2) is 30.5 Å². The highest BCUT2D eigenvalue weighted by atomic mass is 16.5. The maximum Gasteiger partial charge on any atom is 0.122 e. The van der Waals surface area contributed by atoms with E-state index in [4.69, 9.17) is 9.47 Å². The van der Waals surface area contributed by atoms with E-state index < -0.39 is 0 Å². The van der Waals surface area contributed by atoms with E-state index in [0.29, 0.717) is 6.73 Å². The molecule has 0 N–H and O–H groups in total. The van der Waals surface area contributed by atoms with Crippen LogP contribution >= 0.6 is 0 Å². The van der Waals surface area contributed by atoms with Gasteiger partial charge in [0, 0.05) is 11.6 Å². The van der Waals surface area contributed by atoms with Gasteiger partial charge in [0.25, 0.3) is 0 Å². The zero-order chi connectivity index (χ0) is 11.7. The standard InChI is InChI=1S/C14H17NO2/c1-16-13-4-5-14-12(8-13)6-7-15(14)10-17-9-11-2-3-11/h4-8,11H,2-3,9-10H2,1H3. The summed E-state index contributed by atoms with van der Waals surface area (Å²) in [6.45, 7) is 1.54. The third-order valence-electron chi connectivity index (χ3n) is 3.26. The van der Waals surface area contributed by atoms with Gasteiger partial charge in [0.2, 0.25) is 0 Å². The number of hydrogen-bond acceptors (Lipinski definition) is 2. The first-order valence-electron chi connectivity index (χ1n) is 6.07. The van der Waals surface area contributed by atoms with Gasteiger partial charge in [-0.05, 0) is 43.0 Å². The van der Waals surface area contributed by atoms with E-state index in [1.165, 1.54) is 23.7 Å². The van der Waals surface area contributed by atoms with E-state index in [2.05, 4.69) is 22.9 Å². The Hall–Kier alpha value is -1.48. The van der Waals surface area contributed by atoms with Gasteiger partial charge in [-0.1, -0.05) is 0 Å². The minimum atomic E-state index is 0.645. The number of aromatic nitrogens is 1. The van der Waals surface area contributed by atoms with Gasteiger partial charge >= 0.3 is 0 Å². The number of ether oxygens (including phenoxy) is 2. The van der Waals surface area contributed by atoms with Crippen molar-refractivity contribution in [3.8, 4) is 5.75 Å². The van der Waals surface area contributed by atoms with Crippen LogP contribution in [0.5, 0.6) is 5.75 Å². The molecule has 90 valence electrons. The van der Waals surface area contributed by atoms with Crippen molar-refractivity contribution in [2.45, 2.75) is 19.6 Å². The molecule has 1 aromatic carbocycles. The molecule has 2 aromatic rings. The summed E-state index contributed by atoms with van der Waals surface area (Å²) >= 11 is 0. The van der Waals surface area contributed by atoms with Gasteiger partial charge < -0.3 is 14.0 Å². The predicted octanol–water partition coefficient (Wildman–Crippen LogP) is 3.03. The Labute approximate surface area is 101 Å². The van der Waals surface area contributed by atoms with Gasteiger partial charge in [0.05, 0.1) is 19.2 Å². The second-order valence-corrected chi connectivity index (χ2v) is 4.65. The van der Waals surface area contributed by atoms with Crippen molar-refractivity contribution in [2.75, 3.05) is 13.7 Å². The monoisotopic (exact) mass is 231 g/mol. The second-order valence-electron chi connectivity index (χ2n) is 4.65. The number of hydrogen-bond donors (Lipinski definition) is 0. The summed E-state index contributed by atoms with van der Waals surface area (Å²) < 4.78 is 13.0. The smallest absolute Gasteiger partial charge is 0.122 e. The van der Waals surface area contributed by atoms with Crippen molar-refractivity contribution in [2.24, 2.45) is 5.92 Å². The van der Waals surface area contributed by atoms with Gasteiger partial charge in [-0.2, -0.15) is 0 Å². The van der Waals surface area contributed by atoms with Gasteiger partial charge in [0.15, 0.2) is 0 Å². The first kappa shape index (κ1) is 10.7. The maximum atomic E-state index is 5.70. The average Bonchev–Trinajstić information content (AvgIpc) is 3.10. The summed E-state index contributed by atoms with van der Waals surface area (Å²) in [5.74, 6) is 1.71. The van der Waals surface area contributed by atoms with Crippen LogP contribution in [0.25, 0.3) is 10.9 Å². The zero-order valence-corrected chi connectivity index (χ0v) is 10.1. The molecule has 1 aliphatic carbocycles. The number of rotatable bonds is 5. The van der Waals surface area contributed by atoms with Crippen LogP contribution in [0.2, 0.25) is 0 Å². The van der Waals surface area contributed by atoms with Crippen molar-refractivity contribution in [1.82, 2.24) is 4.57 Å². The fourth-order valence-corrected chi connectivity index (χ4v) is 2.02. The molecule has 1 saturated carbocycles. The van der Waals surface area contributed by atoms with Gasteiger partial charge in [-0.15, -0.1) is 0 Å². The lowest BCUT2D eigenvalue weighted by atomic mass is 10.2. The van der Waals surface area contributed by atoms with Crippen molar-refractivity contribution in [3.05, 3.63) is 30.5 Å². The highest BCUT2D eigenvalue weighted by Crippen LogP contribution is 2.29. The Morgan fingerprint density at radius 2 is 2.18 bits per heavy atom. The lowest BCUT2D eigenvalue weighted by Crippen LogP contribution is -2.03. The van der Waals surface area contributed by atoms with Crippen molar-refractivity contribution in [3.63, 3.8) is 0 Å². The second kappa shape index (κ2) is 4.41. The molecule has 0 bridgehead atoms. The number of benzene rings is 1. The van der Waals surface area contributed by atoms with E-state index in [-0.39, 0.29) is 0 Å². The van der Waals surface area contributed by atoms with E-state index >= 15 is 0 Å². The third-order valence-corrected chi connectivity index (χ3v) is 3.26. The first-order chi connectivity index (χ1) is 8.36. The Morgan fingerprint density at radius 1 is 1.29 bits per heavy atom.